The van der Waals surface area contributed by atoms with E-state index in [2.05, 4.69) is 22.0 Å². The molecule has 5 heteroatoms. The fourth-order valence-electron chi connectivity index (χ4n) is 3.01. The van der Waals surface area contributed by atoms with Crippen LogP contribution in [0.2, 0.25) is 0 Å². The second kappa shape index (κ2) is 5.33. The average molecular weight is 241 g/mol. The van der Waals surface area contributed by atoms with Crippen molar-refractivity contribution in [3.8, 4) is 0 Å². The van der Waals surface area contributed by atoms with Gasteiger partial charge in [-0.05, 0) is 26.4 Å². The van der Waals surface area contributed by atoms with E-state index < -0.39 is 0 Å². The maximum Gasteiger partial charge on any atom is 0.323 e. The van der Waals surface area contributed by atoms with Gasteiger partial charge in [-0.3, -0.25) is 19.9 Å². The Morgan fingerprint density at radius 3 is 2.94 bits per heavy atom. The molecule has 0 aromatic carbocycles. The van der Waals surface area contributed by atoms with Gasteiger partial charge in [0, 0.05) is 25.3 Å². The SMILES string of the molecule is CCCN1CNC2CC(C(=O)OC)N(C)CC21. The van der Waals surface area contributed by atoms with E-state index in [0.717, 1.165) is 26.2 Å². The molecule has 0 amide bonds. The standard InChI is InChI=1S/C12H23N3O2/c1-4-5-15-8-13-9-6-10(12(16)17-3)14(2)7-11(9)15/h9-11,13H,4-8H2,1-3H3. The maximum atomic E-state index is 11.7. The van der Waals surface area contributed by atoms with E-state index in [1.54, 1.807) is 0 Å². The molecule has 0 aromatic heterocycles. The summed E-state index contributed by atoms with van der Waals surface area (Å²) in [7, 11) is 3.48. The lowest BCUT2D eigenvalue weighted by Gasteiger charge is -2.40. The first-order chi connectivity index (χ1) is 8.17. The Balaban J connectivity index is 2.00. The summed E-state index contributed by atoms with van der Waals surface area (Å²) in [6.45, 7) is 5.23. The number of hydrogen-bond donors (Lipinski definition) is 1. The van der Waals surface area contributed by atoms with Crippen molar-refractivity contribution in [3.63, 3.8) is 0 Å². The molecule has 0 saturated carbocycles. The number of likely N-dealkylation sites (N-methyl/N-ethyl adjacent to an activating group) is 1. The van der Waals surface area contributed by atoms with Crippen LogP contribution >= 0.6 is 0 Å². The lowest BCUT2D eigenvalue weighted by atomic mass is 9.94. The summed E-state index contributed by atoms with van der Waals surface area (Å²) < 4.78 is 4.86. The number of esters is 1. The van der Waals surface area contributed by atoms with Crippen LogP contribution in [0.3, 0.4) is 0 Å². The Bertz CT molecular complexity index is 285. The third kappa shape index (κ3) is 2.46. The molecule has 98 valence electrons. The molecule has 0 bridgehead atoms. The van der Waals surface area contributed by atoms with Crippen molar-refractivity contribution in [2.45, 2.75) is 37.9 Å². The minimum atomic E-state index is -0.110. The quantitative estimate of drug-likeness (QED) is 0.698. The maximum absolute atomic E-state index is 11.7. The summed E-state index contributed by atoms with van der Waals surface area (Å²) in [5.74, 6) is -0.110. The number of rotatable bonds is 3. The molecule has 0 spiro atoms. The van der Waals surface area contributed by atoms with E-state index in [4.69, 9.17) is 4.74 Å². The van der Waals surface area contributed by atoms with Crippen LogP contribution in [0.4, 0.5) is 0 Å². The van der Waals surface area contributed by atoms with Gasteiger partial charge in [0.05, 0.1) is 7.11 Å². The summed E-state index contributed by atoms with van der Waals surface area (Å²) in [4.78, 5) is 16.3. The molecular weight excluding hydrogens is 218 g/mol. The number of piperidine rings is 1. The lowest BCUT2D eigenvalue weighted by molar-refractivity contribution is -0.148. The number of ether oxygens (including phenoxy) is 1. The van der Waals surface area contributed by atoms with Crippen molar-refractivity contribution < 1.29 is 9.53 Å². The fourth-order valence-corrected chi connectivity index (χ4v) is 3.01. The van der Waals surface area contributed by atoms with Gasteiger partial charge in [0.2, 0.25) is 0 Å². The van der Waals surface area contributed by atoms with Crippen molar-refractivity contribution in [2.24, 2.45) is 0 Å². The van der Waals surface area contributed by atoms with Crippen molar-refractivity contribution in [2.75, 3.05) is 33.9 Å². The minimum Gasteiger partial charge on any atom is -0.468 e. The molecule has 17 heavy (non-hydrogen) atoms. The molecule has 2 rings (SSSR count). The molecule has 2 aliphatic heterocycles. The van der Waals surface area contributed by atoms with E-state index in [1.165, 1.54) is 13.5 Å². The molecule has 0 radical (unpaired) electrons. The Kier molecular flexibility index (Phi) is 4.01. The van der Waals surface area contributed by atoms with Crippen LogP contribution in [0.1, 0.15) is 19.8 Å². The second-order valence-electron chi connectivity index (χ2n) is 5.06. The first-order valence-electron chi connectivity index (χ1n) is 6.42. The van der Waals surface area contributed by atoms with Crippen molar-refractivity contribution in [1.82, 2.24) is 15.1 Å². The summed E-state index contributed by atoms with van der Waals surface area (Å²) in [6, 6.07) is 0.887. The third-order valence-electron chi connectivity index (χ3n) is 3.96. The van der Waals surface area contributed by atoms with Crippen LogP contribution in [-0.4, -0.2) is 67.8 Å². The zero-order valence-electron chi connectivity index (χ0n) is 11.0. The smallest absolute Gasteiger partial charge is 0.323 e. The van der Waals surface area contributed by atoms with E-state index >= 15 is 0 Å². The van der Waals surface area contributed by atoms with Crippen molar-refractivity contribution in [1.29, 1.82) is 0 Å². The molecule has 0 aromatic rings. The zero-order chi connectivity index (χ0) is 12.4. The first-order valence-corrected chi connectivity index (χ1v) is 6.42. The number of fused-ring (bicyclic) bond motifs is 1. The van der Waals surface area contributed by atoms with Gasteiger partial charge in [-0.15, -0.1) is 0 Å². The predicted molar refractivity (Wildman–Crippen MR) is 65.6 cm³/mol. The molecule has 0 aliphatic carbocycles. The summed E-state index contributed by atoms with van der Waals surface area (Å²) in [5.41, 5.74) is 0. The molecule has 5 nitrogen and oxygen atoms in total. The molecule has 2 aliphatic rings. The van der Waals surface area contributed by atoms with E-state index in [9.17, 15) is 4.79 Å². The largest absolute Gasteiger partial charge is 0.468 e. The predicted octanol–water partition coefficient (Wildman–Crippen LogP) is -0.127. The molecular formula is C12H23N3O2. The number of hydrogen-bond acceptors (Lipinski definition) is 5. The Hall–Kier alpha value is -0.650. The average Bonchev–Trinajstić information content (AvgIpc) is 2.70. The number of nitrogens with zero attached hydrogens (tertiary/aromatic N) is 2. The van der Waals surface area contributed by atoms with Gasteiger partial charge in [-0.2, -0.15) is 0 Å². The molecule has 2 fully saturated rings. The van der Waals surface area contributed by atoms with Crippen LogP contribution in [0.5, 0.6) is 0 Å². The highest BCUT2D eigenvalue weighted by molar-refractivity contribution is 5.75. The second-order valence-corrected chi connectivity index (χ2v) is 5.06. The van der Waals surface area contributed by atoms with Gasteiger partial charge < -0.3 is 4.74 Å². The van der Waals surface area contributed by atoms with E-state index in [-0.39, 0.29) is 12.0 Å². The Morgan fingerprint density at radius 1 is 1.53 bits per heavy atom. The molecule has 2 heterocycles. The summed E-state index contributed by atoms with van der Waals surface area (Å²) in [5, 5.41) is 3.51. The van der Waals surface area contributed by atoms with E-state index in [0.29, 0.717) is 12.1 Å². The van der Waals surface area contributed by atoms with Crippen molar-refractivity contribution in [3.05, 3.63) is 0 Å². The highest BCUT2D eigenvalue weighted by Crippen LogP contribution is 2.25. The van der Waals surface area contributed by atoms with Crippen LogP contribution < -0.4 is 5.32 Å². The third-order valence-corrected chi connectivity index (χ3v) is 3.96. The minimum absolute atomic E-state index is 0.0877. The van der Waals surface area contributed by atoms with Gasteiger partial charge in [-0.25, -0.2) is 0 Å². The zero-order valence-corrected chi connectivity index (χ0v) is 11.0. The highest BCUT2D eigenvalue weighted by atomic mass is 16.5. The van der Waals surface area contributed by atoms with E-state index in [1.807, 2.05) is 7.05 Å². The van der Waals surface area contributed by atoms with Crippen LogP contribution in [0, 0.1) is 0 Å². The topological polar surface area (TPSA) is 44.8 Å². The fraction of sp³-hybridized carbons (Fsp3) is 0.917. The number of nitrogens with one attached hydrogen (secondary N) is 1. The number of likely N-dealkylation sites (tertiary alicyclic amines) is 1. The van der Waals surface area contributed by atoms with Gasteiger partial charge in [-0.1, -0.05) is 6.92 Å². The highest BCUT2D eigenvalue weighted by Gasteiger charge is 2.43. The molecule has 3 unspecified atom stereocenters. The Labute approximate surface area is 103 Å². The molecule has 3 atom stereocenters. The molecule has 1 N–H and O–H groups in total. The van der Waals surface area contributed by atoms with Crippen molar-refractivity contribution >= 4 is 5.97 Å². The van der Waals surface area contributed by atoms with Gasteiger partial charge in [0.15, 0.2) is 0 Å². The van der Waals surface area contributed by atoms with Gasteiger partial charge in [0.25, 0.3) is 0 Å². The van der Waals surface area contributed by atoms with Crippen LogP contribution in [0.25, 0.3) is 0 Å². The van der Waals surface area contributed by atoms with Gasteiger partial charge in [0.1, 0.15) is 6.04 Å². The summed E-state index contributed by atoms with van der Waals surface area (Å²) in [6.07, 6.45) is 2.03. The molecule has 2 saturated heterocycles. The normalized spacial score (nSPS) is 34.6. The van der Waals surface area contributed by atoms with Crippen LogP contribution in [0.15, 0.2) is 0 Å². The number of carbonyl (C=O) groups excluding carboxylic acids is 1. The first kappa shape index (κ1) is 12.8. The summed E-state index contributed by atoms with van der Waals surface area (Å²) >= 11 is 0. The number of carbonyl (C=O) groups is 1. The van der Waals surface area contributed by atoms with Crippen LogP contribution in [-0.2, 0) is 9.53 Å². The lowest BCUT2D eigenvalue weighted by Crippen LogP contribution is -2.57. The van der Waals surface area contributed by atoms with Gasteiger partial charge >= 0.3 is 5.97 Å². The monoisotopic (exact) mass is 241 g/mol. The Morgan fingerprint density at radius 2 is 2.29 bits per heavy atom. The number of methoxy groups -OCH3 is 1.